The number of hydrogen-bond donors (Lipinski definition) is 0. The van der Waals surface area contributed by atoms with Crippen LogP contribution in [0.25, 0.3) is 0 Å². The number of rotatable bonds is 3. The Kier molecular flexibility index (Phi) is 4.54. The lowest BCUT2D eigenvalue weighted by molar-refractivity contribution is 0.0992. The van der Waals surface area contributed by atoms with E-state index in [9.17, 15) is 4.79 Å². The van der Waals surface area contributed by atoms with Crippen LogP contribution >= 0.6 is 43.5 Å². The molecule has 2 nitrogen and oxygen atoms in total. The summed E-state index contributed by atoms with van der Waals surface area (Å²) in [6.07, 6.45) is 3.43. The number of halogens is 3. The minimum atomic E-state index is 0.0104. The largest absolute Gasteiger partial charge is 0.294 e. The van der Waals surface area contributed by atoms with Crippen molar-refractivity contribution < 1.29 is 4.79 Å². The van der Waals surface area contributed by atoms with E-state index in [1.54, 1.807) is 24.5 Å². The van der Waals surface area contributed by atoms with Crippen LogP contribution in [-0.2, 0) is 6.42 Å². The highest BCUT2D eigenvalue weighted by atomic mass is 79.9. The van der Waals surface area contributed by atoms with E-state index < -0.39 is 0 Å². The normalized spacial score (nSPS) is 10.4. The summed E-state index contributed by atoms with van der Waals surface area (Å²) in [5.41, 5.74) is 1.42. The minimum Gasteiger partial charge on any atom is -0.294 e. The van der Waals surface area contributed by atoms with Crippen molar-refractivity contribution in [1.82, 2.24) is 4.98 Å². The maximum Gasteiger partial charge on any atom is 0.168 e. The van der Waals surface area contributed by atoms with Gasteiger partial charge in [0.25, 0.3) is 0 Å². The Morgan fingerprint density at radius 1 is 1.28 bits per heavy atom. The van der Waals surface area contributed by atoms with E-state index in [0.29, 0.717) is 10.6 Å². The van der Waals surface area contributed by atoms with E-state index in [4.69, 9.17) is 11.6 Å². The number of hydrogen-bond acceptors (Lipinski definition) is 2. The van der Waals surface area contributed by atoms with Crippen molar-refractivity contribution in [3.8, 4) is 0 Å². The molecular formula is C13H8Br2ClNO. The fraction of sp³-hybridized carbons (Fsp3) is 0.0769. The lowest BCUT2D eigenvalue weighted by atomic mass is 10.0. The van der Waals surface area contributed by atoms with Crippen molar-refractivity contribution in [3.05, 3.63) is 61.8 Å². The highest BCUT2D eigenvalue weighted by Gasteiger charge is 2.13. The zero-order valence-corrected chi connectivity index (χ0v) is 13.1. The van der Waals surface area contributed by atoms with Gasteiger partial charge in [0.2, 0.25) is 0 Å². The third-order valence-electron chi connectivity index (χ3n) is 2.44. The van der Waals surface area contributed by atoms with Crippen LogP contribution in [0, 0.1) is 0 Å². The number of carbonyl (C=O) groups is 1. The zero-order valence-electron chi connectivity index (χ0n) is 9.16. The number of carbonyl (C=O) groups excluding carboxylic acids is 1. The Balaban J connectivity index is 2.28. The lowest BCUT2D eigenvalue weighted by Crippen LogP contribution is -2.05. The summed E-state index contributed by atoms with van der Waals surface area (Å²) in [5, 5.41) is 0.511. The first-order valence-corrected chi connectivity index (χ1v) is 7.11. The van der Waals surface area contributed by atoms with Crippen molar-refractivity contribution in [2.24, 2.45) is 0 Å². The molecule has 0 N–H and O–H groups in total. The molecule has 0 saturated heterocycles. The topological polar surface area (TPSA) is 30.0 Å². The average molecular weight is 389 g/mol. The highest BCUT2D eigenvalue weighted by molar-refractivity contribution is 9.11. The second kappa shape index (κ2) is 5.95. The van der Waals surface area contributed by atoms with Gasteiger partial charge in [-0.15, -0.1) is 0 Å². The Morgan fingerprint density at radius 2 is 2.06 bits per heavy atom. The SMILES string of the molecule is O=C(Cc1ccncc1Cl)c1cc(Br)ccc1Br. The molecule has 1 aromatic heterocycles. The van der Waals surface area contributed by atoms with Gasteiger partial charge in [0, 0.05) is 33.3 Å². The highest BCUT2D eigenvalue weighted by Crippen LogP contribution is 2.24. The van der Waals surface area contributed by atoms with Gasteiger partial charge in [0.05, 0.1) is 5.02 Å². The Morgan fingerprint density at radius 3 is 2.78 bits per heavy atom. The first-order valence-electron chi connectivity index (χ1n) is 5.14. The van der Waals surface area contributed by atoms with Crippen molar-refractivity contribution in [2.45, 2.75) is 6.42 Å². The third kappa shape index (κ3) is 3.19. The maximum absolute atomic E-state index is 12.2. The van der Waals surface area contributed by atoms with Gasteiger partial charge in [-0.05, 0) is 29.8 Å². The minimum absolute atomic E-state index is 0.0104. The number of Topliss-reactive ketones (excluding diaryl/α,β-unsaturated/α-hetero) is 1. The number of ketones is 1. The summed E-state index contributed by atoms with van der Waals surface area (Å²) in [6, 6.07) is 7.26. The van der Waals surface area contributed by atoms with Crippen LogP contribution in [0.4, 0.5) is 0 Å². The molecule has 0 atom stereocenters. The fourth-order valence-electron chi connectivity index (χ4n) is 1.53. The van der Waals surface area contributed by atoms with E-state index >= 15 is 0 Å². The van der Waals surface area contributed by atoms with Gasteiger partial charge in [-0.3, -0.25) is 9.78 Å². The third-order valence-corrected chi connectivity index (χ3v) is 3.96. The van der Waals surface area contributed by atoms with Crippen molar-refractivity contribution in [3.63, 3.8) is 0 Å². The van der Waals surface area contributed by atoms with E-state index in [0.717, 1.165) is 14.5 Å². The molecule has 0 saturated carbocycles. The summed E-state index contributed by atoms with van der Waals surface area (Å²) in [6.45, 7) is 0. The molecule has 2 rings (SSSR count). The van der Waals surface area contributed by atoms with Gasteiger partial charge in [0.1, 0.15) is 0 Å². The molecule has 1 heterocycles. The molecule has 0 aliphatic heterocycles. The molecule has 2 aromatic rings. The smallest absolute Gasteiger partial charge is 0.168 e. The molecule has 0 bridgehead atoms. The van der Waals surface area contributed by atoms with Gasteiger partial charge in [-0.25, -0.2) is 0 Å². The lowest BCUT2D eigenvalue weighted by Gasteiger charge is -2.06. The summed E-state index contributed by atoms with van der Waals surface area (Å²) >= 11 is 12.7. The molecule has 0 amide bonds. The molecule has 0 fully saturated rings. The molecule has 18 heavy (non-hydrogen) atoms. The van der Waals surface area contributed by atoms with Crippen molar-refractivity contribution in [2.75, 3.05) is 0 Å². The molecule has 1 aromatic carbocycles. The van der Waals surface area contributed by atoms with E-state index in [1.165, 1.54) is 0 Å². The van der Waals surface area contributed by atoms with Gasteiger partial charge in [-0.2, -0.15) is 0 Å². The van der Waals surface area contributed by atoms with Crippen LogP contribution in [0.1, 0.15) is 15.9 Å². The van der Waals surface area contributed by atoms with Crippen LogP contribution in [0.5, 0.6) is 0 Å². The van der Waals surface area contributed by atoms with E-state index in [2.05, 4.69) is 36.8 Å². The Hall–Kier alpha value is -0.710. The summed E-state index contributed by atoms with van der Waals surface area (Å²) in [5.74, 6) is 0.0104. The first-order chi connectivity index (χ1) is 8.58. The summed E-state index contributed by atoms with van der Waals surface area (Å²) in [7, 11) is 0. The number of benzene rings is 1. The van der Waals surface area contributed by atoms with Crippen LogP contribution < -0.4 is 0 Å². The van der Waals surface area contributed by atoms with Crippen LogP contribution in [0.3, 0.4) is 0 Å². The van der Waals surface area contributed by atoms with Crippen LogP contribution in [-0.4, -0.2) is 10.8 Å². The maximum atomic E-state index is 12.2. The summed E-state index contributed by atoms with van der Waals surface area (Å²) in [4.78, 5) is 16.1. The second-order valence-electron chi connectivity index (χ2n) is 3.69. The molecule has 0 aliphatic rings. The second-order valence-corrected chi connectivity index (χ2v) is 5.87. The standard InChI is InChI=1S/C13H8Br2ClNO/c14-9-1-2-11(15)10(6-9)13(18)5-8-3-4-17-7-12(8)16/h1-4,6-7H,5H2. The molecule has 0 unspecified atom stereocenters. The van der Waals surface area contributed by atoms with Crippen molar-refractivity contribution in [1.29, 1.82) is 0 Å². The van der Waals surface area contributed by atoms with Crippen LogP contribution in [0.15, 0.2) is 45.6 Å². The zero-order chi connectivity index (χ0) is 13.1. The summed E-state index contributed by atoms with van der Waals surface area (Å²) < 4.78 is 1.65. The number of aromatic nitrogens is 1. The van der Waals surface area contributed by atoms with E-state index in [1.807, 2.05) is 12.1 Å². The molecule has 92 valence electrons. The van der Waals surface area contributed by atoms with E-state index in [-0.39, 0.29) is 12.2 Å². The van der Waals surface area contributed by atoms with Gasteiger partial charge in [-0.1, -0.05) is 43.5 Å². The molecular weight excluding hydrogens is 381 g/mol. The molecule has 5 heteroatoms. The molecule has 0 spiro atoms. The monoisotopic (exact) mass is 387 g/mol. The van der Waals surface area contributed by atoms with Gasteiger partial charge >= 0.3 is 0 Å². The van der Waals surface area contributed by atoms with Gasteiger partial charge in [0.15, 0.2) is 5.78 Å². The molecule has 0 aliphatic carbocycles. The fourth-order valence-corrected chi connectivity index (χ4v) is 2.54. The molecule has 0 radical (unpaired) electrons. The first kappa shape index (κ1) is 13.7. The van der Waals surface area contributed by atoms with Crippen molar-refractivity contribution >= 4 is 49.2 Å². The van der Waals surface area contributed by atoms with Crippen LogP contribution in [0.2, 0.25) is 5.02 Å². The quantitative estimate of drug-likeness (QED) is 0.713. The number of nitrogens with zero attached hydrogens (tertiary/aromatic N) is 1. The average Bonchev–Trinajstić information content (AvgIpc) is 2.35. The Bertz CT molecular complexity index is 601. The predicted octanol–water partition coefficient (Wildman–Crippen LogP) is 4.69. The van der Waals surface area contributed by atoms with Gasteiger partial charge < -0.3 is 0 Å². The Labute approximate surface area is 127 Å². The number of pyridine rings is 1. The predicted molar refractivity (Wildman–Crippen MR) is 79.1 cm³/mol.